The molecule has 1 aliphatic heterocycles. The first-order valence-corrected chi connectivity index (χ1v) is 8.02. The molecule has 2 aromatic rings. The van der Waals surface area contributed by atoms with Crippen molar-refractivity contribution in [3.8, 4) is 5.75 Å². The molecular formula is C17H22N4O3. The number of benzene rings is 1. The van der Waals surface area contributed by atoms with Gasteiger partial charge in [0.05, 0.1) is 33.1 Å². The van der Waals surface area contributed by atoms with Crippen molar-refractivity contribution < 1.29 is 14.3 Å². The van der Waals surface area contributed by atoms with Gasteiger partial charge >= 0.3 is 6.03 Å². The highest BCUT2D eigenvalue weighted by Gasteiger charge is 2.15. The Hall–Kier alpha value is -2.54. The Bertz CT molecular complexity index is 682. The number of amides is 2. The van der Waals surface area contributed by atoms with Crippen LogP contribution in [-0.2, 0) is 30.9 Å². The molecule has 0 aliphatic carbocycles. The van der Waals surface area contributed by atoms with Gasteiger partial charge in [0.2, 0.25) is 0 Å². The van der Waals surface area contributed by atoms with Crippen molar-refractivity contribution in [2.24, 2.45) is 0 Å². The topological polar surface area (TPSA) is 77.4 Å². The molecular weight excluding hydrogens is 308 g/mol. The first-order chi connectivity index (χ1) is 11.8. The lowest BCUT2D eigenvalue weighted by molar-refractivity contribution is 0.109. The number of hydrogen-bond acceptors (Lipinski definition) is 4. The fourth-order valence-electron chi connectivity index (χ4n) is 2.67. The summed E-state index contributed by atoms with van der Waals surface area (Å²) in [6.45, 7) is 3.03. The normalized spacial score (nSPS) is 13.2. The van der Waals surface area contributed by atoms with E-state index in [0.29, 0.717) is 26.2 Å². The number of methoxy groups -OCH3 is 1. The molecule has 128 valence electrons. The lowest BCUT2D eigenvalue weighted by Gasteiger charge is -2.15. The van der Waals surface area contributed by atoms with Gasteiger partial charge in [0.25, 0.3) is 0 Å². The van der Waals surface area contributed by atoms with E-state index < -0.39 is 0 Å². The van der Waals surface area contributed by atoms with Crippen LogP contribution < -0.4 is 15.4 Å². The van der Waals surface area contributed by atoms with E-state index in [4.69, 9.17) is 9.47 Å². The number of rotatable bonds is 6. The van der Waals surface area contributed by atoms with Crippen LogP contribution in [0.15, 0.2) is 30.5 Å². The first kappa shape index (κ1) is 16.3. The van der Waals surface area contributed by atoms with Crippen molar-refractivity contribution in [1.29, 1.82) is 0 Å². The van der Waals surface area contributed by atoms with Crippen molar-refractivity contribution in [2.75, 3.05) is 20.3 Å². The van der Waals surface area contributed by atoms with Crippen LogP contribution in [0.5, 0.6) is 5.75 Å². The number of urea groups is 1. The molecule has 2 heterocycles. The minimum atomic E-state index is -0.185. The Balaban J connectivity index is 1.40. The number of nitrogens with zero attached hydrogens (tertiary/aromatic N) is 2. The van der Waals surface area contributed by atoms with E-state index in [1.807, 2.05) is 35.1 Å². The van der Waals surface area contributed by atoms with E-state index in [2.05, 4.69) is 15.7 Å². The lowest BCUT2D eigenvalue weighted by atomic mass is 10.2. The number of aromatic nitrogens is 2. The van der Waals surface area contributed by atoms with Crippen LogP contribution >= 0.6 is 0 Å². The predicted molar refractivity (Wildman–Crippen MR) is 88.8 cm³/mol. The maximum absolute atomic E-state index is 11.9. The second-order valence-corrected chi connectivity index (χ2v) is 5.60. The Labute approximate surface area is 140 Å². The van der Waals surface area contributed by atoms with Gasteiger partial charge in [-0.25, -0.2) is 4.79 Å². The van der Waals surface area contributed by atoms with E-state index in [1.165, 1.54) is 5.69 Å². The molecule has 0 radical (unpaired) electrons. The Morgan fingerprint density at radius 2 is 2.17 bits per heavy atom. The first-order valence-electron chi connectivity index (χ1n) is 8.02. The molecule has 0 saturated carbocycles. The zero-order chi connectivity index (χ0) is 16.8. The summed E-state index contributed by atoms with van der Waals surface area (Å²) in [6.07, 6.45) is 2.72. The summed E-state index contributed by atoms with van der Waals surface area (Å²) >= 11 is 0. The number of carbonyl (C=O) groups is 1. The lowest BCUT2D eigenvalue weighted by Crippen LogP contribution is -2.37. The van der Waals surface area contributed by atoms with E-state index in [-0.39, 0.29) is 6.03 Å². The quantitative estimate of drug-likeness (QED) is 0.841. The Morgan fingerprint density at radius 1 is 1.33 bits per heavy atom. The fourth-order valence-corrected chi connectivity index (χ4v) is 2.67. The van der Waals surface area contributed by atoms with Gasteiger partial charge in [-0.05, 0) is 17.7 Å². The summed E-state index contributed by atoms with van der Waals surface area (Å²) < 4.78 is 12.5. The summed E-state index contributed by atoms with van der Waals surface area (Å²) in [7, 11) is 1.63. The molecule has 2 amide bonds. The van der Waals surface area contributed by atoms with E-state index in [0.717, 1.165) is 29.9 Å². The van der Waals surface area contributed by atoms with Gasteiger partial charge in [0, 0.05) is 30.8 Å². The zero-order valence-corrected chi connectivity index (χ0v) is 13.7. The third-order valence-electron chi connectivity index (χ3n) is 4.00. The fraction of sp³-hybridized carbons (Fsp3) is 0.412. The van der Waals surface area contributed by atoms with Crippen LogP contribution in [0, 0.1) is 0 Å². The van der Waals surface area contributed by atoms with Gasteiger partial charge in [-0.3, -0.25) is 4.68 Å². The molecule has 2 N–H and O–H groups in total. The SMILES string of the molecule is COc1ccc(CNC(=O)NCCn2ncc3c2CCOC3)cc1. The molecule has 1 aliphatic rings. The molecule has 0 saturated heterocycles. The number of ether oxygens (including phenoxy) is 2. The molecule has 7 heteroatoms. The van der Waals surface area contributed by atoms with Crippen LogP contribution in [0.3, 0.4) is 0 Å². The third-order valence-corrected chi connectivity index (χ3v) is 4.00. The molecule has 1 aromatic heterocycles. The molecule has 1 aromatic carbocycles. The van der Waals surface area contributed by atoms with Crippen molar-refractivity contribution in [3.63, 3.8) is 0 Å². The van der Waals surface area contributed by atoms with Crippen LogP contribution in [0.1, 0.15) is 16.8 Å². The summed E-state index contributed by atoms with van der Waals surface area (Å²) in [5.74, 6) is 0.802. The Morgan fingerprint density at radius 3 is 2.96 bits per heavy atom. The Kier molecular flexibility index (Phi) is 5.32. The largest absolute Gasteiger partial charge is 0.497 e. The zero-order valence-electron chi connectivity index (χ0n) is 13.7. The molecule has 0 bridgehead atoms. The number of fused-ring (bicyclic) bond motifs is 1. The van der Waals surface area contributed by atoms with E-state index in [1.54, 1.807) is 7.11 Å². The highest BCUT2D eigenvalue weighted by atomic mass is 16.5. The summed E-state index contributed by atoms with van der Waals surface area (Å²) in [5, 5.41) is 10.0. The predicted octanol–water partition coefficient (Wildman–Crippen LogP) is 1.46. The summed E-state index contributed by atoms with van der Waals surface area (Å²) in [4.78, 5) is 11.9. The van der Waals surface area contributed by atoms with Crippen molar-refractivity contribution in [1.82, 2.24) is 20.4 Å². The van der Waals surface area contributed by atoms with Crippen LogP contribution in [0.4, 0.5) is 4.79 Å². The van der Waals surface area contributed by atoms with Crippen molar-refractivity contribution >= 4 is 6.03 Å². The molecule has 3 rings (SSSR count). The smallest absolute Gasteiger partial charge is 0.315 e. The second kappa shape index (κ2) is 7.83. The van der Waals surface area contributed by atoms with Gasteiger partial charge < -0.3 is 20.1 Å². The average molecular weight is 330 g/mol. The monoisotopic (exact) mass is 330 g/mol. The summed E-state index contributed by atoms with van der Waals surface area (Å²) in [5.41, 5.74) is 3.37. The molecule has 0 atom stereocenters. The minimum absolute atomic E-state index is 0.185. The molecule has 0 spiro atoms. The molecule has 0 unspecified atom stereocenters. The van der Waals surface area contributed by atoms with E-state index >= 15 is 0 Å². The van der Waals surface area contributed by atoms with Crippen LogP contribution in [0.2, 0.25) is 0 Å². The van der Waals surface area contributed by atoms with Gasteiger partial charge in [0.1, 0.15) is 5.75 Å². The van der Waals surface area contributed by atoms with E-state index in [9.17, 15) is 4.79 Å². The second-order valence-electron chi connectivity index (χ2n) is 5.60. The van der Waals surface area contributed by atoms with Crippen molar-refractivity contribution in [3.05, 3.63) is 47.3 Å². The maximum Gasteiger partial charge on any atom is 0.315 e. The third kappa shape index (κ3) is 4.05. The standard InChI is InChI=1S/C17H22N4O3/c1-23-15-4-2-13(3-5-15)10-19-17(22)18-7-8-21-16-6-9-24-12-14(16)11-20-21/h2-5,11H,6-10,12H2,1H3,(H2,18,19,22). The summed E-state index contributed by atoms with van der Waals surface area (Å²) in [6, 6.07) is 7.42. The number of hydrogen-bond donors (Lipinski definition) is 2. The van der Waals surface area contributed by atoms with Crippen LogP contribution in [0.25, 0.3) is 0 Å². The van der Waals surface area contributed by atoms with Crippen LogP contribution in [-0.4, -0.2) is 36.1 Å². The number of nitrogens with one attached hydrogen (secondary N) is 2. The average Bonchev–Trinajstić information content (AvgIpc) is 3.04. The minimum Gasteiger partial charge on any atom is -0.497 e. The maximum atomic E-state index is 11.9. The van der Waals surface area contributed by atoms with Crippen molar-refractivity contribution in [2.45, 2.75) is 26.1 Å². The highest BCUT2D eigenvalue weighted by Crippen LogP contribution is 2.15. The molecule has 24 heavy (non-hydrogen) atoms. The van der Waals surface area contributed by atoms with Gasteiger partial charge in [0.15, 0.2) is 0 Å². The highest BCUT2D eigenvalue weighted by molar-refractivity contribution is 5.73. The van der Waals surface area contributed by atoms with Gasteiger partial charge in [-0.2, -0.15) is 5.10 Å². The molecule has 7 nitrogen and oxygen atoms in total. The molecule has 0 fully saturated rings. The van der Waals surface area contributed by atoms with Gasteiger partial charge in [-0.15, -0.1) is 0 Å². The number of carbonyl (C=O) groups excluding carboxylic acids is 1. The van der Waals surface area contributed by atoms with Gasteiger partial charge in [-0.1, -0.05) is 12.1 Å².